The molecule has 0 spiro atoms. The van der Waals surface area contributed by atoms with Crippen LogP contribution in [0.15, 0.2) is 24.3 Å². The Morgan fingerprint density at radius 2 is 1.90 bits per heavy atom. The van der Waals surface area contributed by atoms with E-state index in [9.17, 15) is 4.79 Å². The van der Waals surface area contributed by atoms with Gasteiger partial charge in [0.25, 0.3) is 0 Å². The van der Waals surface area contributed by atoms with Crippen LogP contribution >= 0.6 is 11.6 Å². The van der Waals surface area contributed by atoms with E-state index in [-0.39, 0.29) is 24.0 Å². The van der Waals surface area contributed by atoms with Gasteiger partial charge in [-0.25, -0.2) is 0 Å². The number of halogens is 1. The molecule has 1 aliphatic heterocycles. The number of likely N-dealkylation sites (N-methyl/N-ethyl adjacent to an activating group) is 1. The molecule has 1 heterocycles. The van der Waals surface area contributed by atoms with Gasteiger partial charge in [0.05, 0.1) is 6.04 Å². The van der Waals surface area contributed by atoms with Crippen LogP contribution in [0.1, 0.15) is 25.6 Å². The normalized spacial score (nSPS) is 22.6. The summed E-state index contributed by atoms with van der Waals surface area (Å²) >= 11 is 5.96. The largest absolute Gasteiger partial charge is 0.320 e. The molecule has 1 aliphatic rings. The first-order valence-electron chi connectivity index (χ1n) is 7.37. The highest BCUT2D eigenvalue weighted by Gasteiger charge is 2.40. The SMILES string of the molecule is CC(C)C1NC(c2ccc(Cl)cc2)N(CCN(C)C)C1=O. The average Bonchev–Trinajstić information content (AvgIpc) is 2.74. The van der Waals surface area contributed by atoms with Crippen molar-refractivity contribution in [3.05, 3.63) is 34.9 Å². The maximum absolute atomic E-state index is 12.6. The molecule has 1 amide bonds. The van der Waals surface area contributed by atoms with Crippen molar-refractivity contribution >= 4 is 17.5 Å². The Hall–Kier alpha value is -1.10. The Labute approximate surface area is 132 Å². The number of nitrogens with one attached hydrogen (secondary N) is 1. The maximum atomic E-state index is 12.6. The Morgan fingerprint density at radius 1 is 1.29 bits per heavy atom. The van der Waals surface area contributed by atoms with E-state index in [0.717, 1.165) is 18.7 Å². The molecular formula is C16H24ClN3O. The first-order chi connectivity index (χ1) is 9.90. The number of hydrogen-bond acceptors (Lipinski definition) is 3. The Bertz CT molecular complexity index is 487. The summed E-state index contributed by atoms with van der Waals surface area (Å²) in [6.45, 7) is 5.71. The van der Waals surface area contributed by atoms with Crippen LogP contribution in [0.25, 0.3) is 0 Å². The molecule has 4 nitrogen and oxygen atoms in total. The molecule has 0 aliphatic carbocycles. The van der Waals surface area contributed by atoms with E-state index in [0.29, 0.717) is 5.02 Å². The standard InChI is InChI=1S/C16H24ClN3O/c1-11(2)14-16(21)20(10-9-19(3)4)15(18-14)12-5-7-13(17)8-6-12/h5-8,11,14-15,18H,9-10H2,1-4H3. The monoisotopic (exact) mass is 309 g/mol. The molecule has 1 fully saturated rings. The number of amides is 1. The second kappa shape index (κ2) is 6.77. The van der Waals surface area contributed by atoms with Gasteiger partial charge in [0, 0.05) is 18.1 Å². The van der Waals surface area contributed by atoms with E-state index in [1.807, 2.05) is 43.3 Å². The van der Waals surface area contributed by atoms with Crippen molar-refractivity contribution in [3.63, 3.8) is 0 Å². The van der Waals surface area contributed by atoms with Crippen molar-refractivity contribution in [3.8, 4) is 0 Å². The molecule has 21 heavy (non-hydrogen) atoms. The quantitative estimate of drug-likeness (QED) is 0.907. The number of nitrogens with zero attached hydrogens (tertiary/aromatic N) is 2. The minimum atomic E-state index is -0.118. The van der Waals surface area contributed by atoms with Crippen molar-refractivity contribution in [2.75, 3.05) is 27.2 Å². The lowest BCUT2D eigenvalue weighted by Crippen LogP contribution is -2.37. The molecule has 1 saturated heterocycles. The number of carbonyl (C=O) groups is 1. The molecule has 1 aromatic carbocycles. The number of benzene rings is 1. The van der Waals surface area contributed by atoms with Gasteiger partial charge < -0.3 is 9.80 Å². The number of rotatable bonds is 5. The first kappa shape index (κ1) is 16.3. The lowest BCUT2D eigenvalue weighted by Gasteiger charge is -2.26. The Balaban J connectivity index is 2.22. The second-order valence-corrected chi connectivity index (χ2v) is 6.61. The van der Waals surface area contributed by atoms with Gasteiger partial charge in [-0.15, -0.1) is 0 Å². The Morgan fingerprint density at radius 3 is 2.43 bits per heavy atom. The van der Waals surface area contributed by atoms with E-state index in [4.69, 9.17) is 11.6 Å². The minimum absolute atomic E-state index is 0.0675. The van der Waals surface area contributed by atoms with E-state index in [1.165, 1.54) is 0 Å². The van der Waals surface area contributed by atoms with Gasteiger partial charge in [0.1, 0.15) is 6.17 Å². The van der Waals surface area contributed by atoms with Crippen LogP contribution in [0.3, 0.4) is 0 Å². The van der Waals surface area contributed by atoms with Gasteiger partial charge in [-0.1, -0.05) is 37.6 Å². The van der Waals surface area contributed by atoms with E-state index >= 15 is 0 Å². The van der Waals surface area contributed by atoms with E-state index in [1.54, 1.807) is 0 Å². The van der Waals surface area contributed by atoms with Crippen LogP contribution < -0.4 is 5.32 Å². The highest BCUT2D eigenvalue weighted by atomic mass is 35.5. The molecular weight excluding hydrogens is 286 g/mol. The molecule has 5 heteroatoms. The zero-order valence-electron chi connectivity index (χ0n) is 13.1. The molecule has 0 bridgehead atoms. The molecule has 0 radical (unpaired) electrons. The molecule has 2 unspecified atom stereocenters. The van der Waals surface area contributed by atoms with Gasteiger partial charge in [0.15, 0.2) is 0 Å². The van der Waals surface area contributed by atoms with Crippen molar-refractivity contribution in [1.29, 1.82) is 0 Å². The van der Waals surface area contributed by atoms with Gasteiger partial charge in [-0.05, 0) is 37.7 Å². The third kappa shape index (κ3) is 3.76. The lowest BCUT2D eigenvalue weighted by atomic mass is 10.1. The van der Waals surface area contributed by atoms with Crippen molar-refractivity contribution in [2.45, 2.75) is 26.1 Å². The fourth-order valence-electron chi connectivity index (χ4n) is 2.58. The molecule has 2 atom stereocenters. The summed E-state index contributed by atoms with van der Waals surface area (Å²) in [5, 5.41) is 4.18. The molecule has 1 aromatic rings. The number of carbonyl (C=O) groups excluding carboxylic acids is 1. The maximum Gasteiger partial charge on any atom is 0.241 e. The Kier molecular flexibility index (Phi) is 5.25. The van der Waals surface area contributed by atoms with E-state index in [2.05, 4.69) is 24.1 Å². The number of hydrogen-bond donors (Lipinski definition) is 1. The van der Waals surface area contributed by atoms with Gasteiger partial charge >= 0.3 is 0 Å². The van der Waals surface area contributed by atoms with Crippen LogP contribution in [-0.4, -0.2) is 48.9 Å². The molecule has 0 aromatic heterocycles. The van der Waals surface area contributed by atoms with Crippen molar-refractivity contribution in [2.24, 2.45) is 5.92 Å². The molecule has 2 rings (SSSR count). The summed E-state index contributed by atoms with van der Waals surface area (Å²) in [4.78, 5) is 16.7. The predicted octanol–water partition coefficient (Wildman–Crippen LogP) is 2.36. The first-order valence-corrected chi connectivity index (χ1v) is 7.74. The molecule has 0 saturated carbocycles. The van der Waals surface area contributed by atoms with Crippen LogP contribution in [0.4, 0.5) is 0 Å². The van der Waals surface area contributed by atoms with Crippen molar-refractivity contribution < 1.29 is 4.79 Å². The zero-order chi connectivity index (χ0) is 15.6. The molecule has 116 valence electrons. The van der Waals surface area contributed by atoms with E-state index < -0.39 is 0 Å². The topological polar surface area (TPSA) is 35.6 Å². The van der Waals surface area contributed by atoms with Gasteiger partial charge in [0.2, 0.25) is 5.91 Å². The second-order valence-electron chi connectivity index (χ2n) is 6.18. The van der Waals surface area contributed by atoms with Crippen LogP contribution in [0.5, 0.6) is 0 Å². The fourth-order valence-corrected chi connectivity index (χ4v) is 2.71. The van der Waals surface area contributed by atoms with Crippen LogP contribution in [0.2, 0.25) is 5.02 Å². The summed E-state index contributed by atoms with van der Waals surface area (Å²) in [6.07, 6.45) is -0.0675. The highest BCUT2D eigenvalue weighted by Crippen LogP contribution is 2.28. The lowest BCUT2D eigenvalue weighted by molar-refractivity contribution is -0.130. The van der Waals surface area contributed by atoms with Gasteiger partial charge in [-0.2, -0.15) is 0 Å². The summed E-state index contributed by atoms with van der Waals surface area (Å²) < 4.78 is 0. The zero-order valence-corrected chi connectivity index (χ0v) is 13.9. The minimum Gasteiger partial charge on any atom is -0.320 e. The van der Waals surface area contributed by atoms with Crippen LogP contribution in [-0.2, 0) is 4.79 Å². The summed E-state index contributed by atoms with van der Waals surface area (Å²) in [5.41, 5.74) is 1.08. The highest BCUT2D eigenvalue weighted by molar-refractivity contribution is 6.30. The van der Waals surface area contributed by atoms with Crippen LogP contribution in [0, 0.1) is 5.92 Å². The smallest absolute Gasteiger partial charge is 0.241 e. The van der Waals surface area contributed by atoms with Gasteiger partial charge in [-0.3, -0.25) is 10.1 Å². The third-order valence-corrected chi connectivity index (χ3v) is 4.09. The average molecular weight is 310 g/mol. The molecule has 1 N–H and O–H groups in total. The predicted molar refractivity (Wildman–Crippen MR) is 86.2 cm³/mol. The van der Waals surface area contributed by atoms with Crippen molar-refractivity contribution in [1.82, 2.24) is 15.1 Å². The summed E-state index contributed by atoms with van der Waals surface area (Å²) in [6, 6.07) is 7.59. The fraction of sp³-hybridized carbons (Fsp3) is 0.562. The summed E-state index contributed by atoms with van der Waals surface area (Å²) in [7, 11) is 4.04. The summed E-state index contributed by atoms with van der Waals surface area (Å²) in [5.74, 6) is 0.462. The third-order valence-electron chi connectivity index (χ3n) is 3.84.